The number of rotatable bonds is 5. The first kappa shape index (κ1) is 18.5. The Labute approximate surface area is 161 Å². The van der Waals surface area contributed by atoms with Crippen LogP contribution in [-0.4, -0.2) is 23.2 Å². The Balaban J connectivity index is 1.75. The molecule has 0 aliphatic heterocycles. The third kappa shape index (κ3) is 4.85. The van der Waals surface area contributed by atoms with E-state index in [-0.39, 0.29) is 17.0 Å². The van der Waals surface area contributed by atoms with Gasteiger partial charge in [-0.25, -0.2) is 9.82 Å². The molecule has 0 aliphatic rings. The second kappa shape index (κ2) is 8.37. The number of aromatic nitrogens is 1. The second-order valence-electron chi connectivity index (χ2n) is 5.27. The number of carbonyl (C=O) groups excluding carboxylic acids is 2. The molecule has 0 spiro atoms. The Kier molecular flexibility index (Phi) is 5.72. The average Bonchev–Trinajstić information content (AvgIpc) is 3.18. The molecule has 9 heteroatoms. The highest BCUT2D eigenvalue weighted by Crippen LogP contribution is 2.22. The summed E-state index contributed by atoms with van der Waals surface area (Å²) < 4.78 is 18.6. The van der Waals surface area contributed by atoms with Gasteiger partial charge in [0.05, 0.1) is 23.7 Å². The number of halogens is 2. The number of hydrogen-bond donors (Lipinski definition) is 2. The minimum atomic E-state index is -0.558. The average molecular weight is 431 g/mol. The number of benzene rings is 2. The van der Waals surface area contributed by atoms with Crippen molar-refractivity contribution in [3.8, 4) is 0 Å². The highest BCUT2D eigenvalue weighted by atomic mass is 79.9. The van der Waals surface area contributed by atoms with Crippen molar-refractivity contribution in [1.82, 2.24) is 10.6 Å². The van der Waals surface area contributed by atoms with Crippen LogP contribution in [0.1, 0.15) is 26.5 Å². The van der Waals surface area contributed by atoms with Crippen molar-refractivity contribution in [2.75, 3.05) is 5.32 Å². The van der Waals surface area contributed by atoms with Crippen LogP contribution in [0.2, 0.25) is 0 Å². The number of anilines is 1. The number of nitrogens with zero attached hydrogens (tertiary/aromatic N) is 2. The number of carbonyl (C=O) groups is 2. The molecule has 1 aromatic heterocycles. The van der Waals surface area contributed by atoms with Gasteiger partial charge >= 0.3 is 0 Å². The van der Waals surface area contributed by atoms with Crippen LogP contribution in [0.4, 0.5) is 10.1 Å². The van der Waals surface area contributed by atoms with Crippen LogP contribution >= 0.6 is 15.9 Å². The number of amides is 2. The van der Waals surface area contributed by atoms with Gasteiger partial charge < -0.3 is 9.84 Å². The van der Waals surface area contributed by atoms with Crippen molar-refractivity contribution < 1.29 is 18.5 Å². The molecule has 0 fully saturated rings. The molecule has 0 aliphatic carbocycles. The first-order chi connectivity index (χ1) is 13.0. The third-order valence-electron chi connectivity index (χ3n) is 3.36. The summed E-state index contributed by atoms with van der Waals surface area (Å²) in [6.07, 6.45) is 2.65. The van der Waals surface area contributed by atoms with Gasteiger partial charge in [-0.05, 0) is 35.9 Å². The van der Waals surface area contributed by atoms with E-state index in [9.17, 15) is 14.0 Å². The van der Waals surface area contributed by atoms with Gasteiger partial charge in [-0.3, -0.25) is 9.59 Å². The third-order valence-corrected chi connectivity index (χ3v) is 3.86. The maximum Gasteiger partial charge on any atom is 0.294 e. The van der Waals surface area contributed by atoms with Gasteiger partial charge in [0.15, 0.2) is 0 Å². The summed E-state index contributed by atoms with van der Waals surface area (Å²) in [6, 6.07) is 11.9. The lowest BCUT2D eigenvalue weighted by molar-refractivity contribution is 0.0956. The lowest BCUT2D eigenvalue weighted by Crippen LogP contribution is -2.21. The minimum absolute atomic E-state index is 0.00778. The van der Waals surface area contributed by atoms with Gasteiger partial charge in [-0.15, -0.1) is 0 Å². The smallest absolute Gasteiger partial charge is 0.294 e. The van der Waals surface area contributed by atoms with Gasteiger partial charge in [0, 0.05) is 10.5 Å². The molecule has 0 bridgehead atoms. The molecule has 2 N–H and O–H groups in total. The standard InChI is InChI=1S/C18H12BrFN4O3/c19-12-4-5-15(23-18(26)16-6-7-22-27-16)14(9-12)17(25)24-21-10-11-2-1-3-13(20)8-11/h1-10H,(H,23,26)(H,24,25)/b21-10+. The normalized spacial score (nSPS) is 10.7. The molecular weight excluding hydrogens is 419 g/mol. The molecule has 0 unspecified atom stereocenters. The summed E-state index contributed by atoms with van der Waals surface area (Å²) >= 11 is 3.28. The maximum atomic E-state index is 13.1. The number of hydrogen-bond acceptors (Lipinski definition) is 5. The lowest BCUT2D eigenvalue weighted by atomic mass is 10.1. The molecule has 0 radical (unpaired) electrons. The molecule has 2 amide bonds. The Morgan fingerprint density at radius 1 is 1.15 bits per heavy atom. The van der Waals surface area contributed by atoms with E-state index in [0.29, 0.717) is 10.0 Å². The number of hydrazone groups is 1. The summed E-state index contributed by atoms with van der Waals surface area (Å²) in [4.78, 5) is 24.5. The molecule has 3 aromatic rings. The highest BCUT2D eigenvalue weighted by molar-refractivity contribution is 9.10. The van der Waals surface area contributed by atoms with Crippen molar-refractivity contribution in [2.45, 2.75) is 0 Å². The molecular formula is C18H12BrFN4O3. The first-order valence-corrected chi connectivity index (χ1v) is 8.43. The fourth-order valence-electron chi connectivity index (χ4n) is 2.14. The second-order valence-corrected chi connectivity index (χ2v) is 6.19. The van der Waals surface area contributed by atoms with E-state index in [4.69, 9.17) is 4.52 Å². The quantitative estimate of drug-likeness (QED) is 0.477. The van der Waals surface area contributed by atoms with Crippen LogP contribution in [0.3, 0.4) is 0 Å². The van der Waals surface area contributed by atoms with E-state index in [2.05, 4.69) is 36.9 Å². The zero-order chi connectivity index (χ0) is 19.2. The van der Waals surface area contributed by atoms with E-state index in [1.807, 2.05) is 0 Å². The van der Waals surface area contributed by atoms with Gasteiger partial charge in [0.1, 0.15) is 5.82 Å². The van der Waals surface area contributed by atoms with E-state index < -0.39 is 17.6 Å². The minimum Gasteiger partial charge on any atom is -0.351 e. The van der Waals surface area contributed by atoms with E-state index in [1.165, 1.54) is 42.7 Å². The van der Waals surface area contributed by atoms with Gasteiger partial charge in [0.25, 0.3) is 11.8 Å². The maximum absolute atomic E-state index is 13.1. The van der Waals surface area contributed by atoms with Crippen LogP contribution in [-0.2, 0) is 0 Å². The fraction of sp³-hybridized carbons (Fsp3) is 0. The molecule has 2 aromatic carbocycles. The Morgan fingerprint density at radius 3 is 2.74 bits per heavy atom. The van der Waals surface area contributed by atoms with E-state index in [0.717, 1.165) is 0 Å². The topological polar surface area (TPSA) is 96.6 Å². The van der Waals surface area contributed by atoms with Gasteiger partial charge in [0.2, 0.25) is 5.76 Å². The van der Waals surface area contributed by atoms with E-state index >= 15 is 0 Å². The van der Waals surface area contributed by atoms with Crippen molar-refractivity contribution >= 4 is 39.6 Å². The predicted molar refractivity (Wildman–Crippen MR) is 100 cm³/mol. The van der Waals surface area contributed by atoms with Crippen molar-refractivity contribution in [1.29, 1.82) is 0 Å². The fourth-order valence-corrected chi connectivity index (χ4v) is 2.50. The zero-order valence-electron chi connectivity index (χ0n) is 13.6. The van der Waals surface area contributed by atoms with Crippen LogP contribution in [0.5, 0.6) is 0 Å². The summed E-state index contributed by atoms with van der Waals surface area (Å²) in [6.45, 7) is 0. The summed E-state index contributed by atoms with van der Waals surface area (Å²) in [7, 11) is 0. The van der Waals surface area contributed by atoms with Crippen molar-refractivity contribution in [2.24, 2.45) is 5.10 Å². The molecule has 7 nitrogen and oxygen atoms in total. The molecule has 3 rings (SSSR count). The van der Waals surface area contributed by atoms with E-state index in [1.54, 1.807) is 18.2 Å². The van der Waals surface area contributed by atoms with Crippen LogP contribution in [0.25, 0.3) is 0 Å². The zero-order valence-corrected chi connectivity index (χ0v) is 15.2. The predicted octanol–water partition coefficient (Wildman–Crippen LogP) is 3.59. The molecule has 136 valence electrons. The molecule has 27 heavy (non-hydrogen) atoms. The largest absolute Gasteiger partial charge is 0.351 e. The summed E-state index contributed by atoms with van der Waals surface area (Å²) in [5, 5.41) is 9.86. The molecule has 0 atom stereocenters. The van der Waals surface area contributed by atoms with Crippen LogP contribution < -0.4 is 10.7 Å². The Hall–Kier alpha value is -3.33. The highest BCUT2D eigenvalue weighted by Gasteiger charge is 2.16. The summed E-state index contributed by atoms with van der Waals surface area (Å²) in [5.74, 6) is -1.51. The Morgan fingerprint density at radius 2 is 2.00 bits per heavy atom. The SMILES string of the molecule is O=C(Nc1ccc(Br)cc1C(=O)N/N=C/c1cccc(F)c1)c1ccno1. The summed E-state index contributed by atoms with van der Waals surface area (Å²) in [5.41, 5.74) is 3.27. The molecule has 0 saturated carbocycles. The van der Waals surface area contributed by atoms with Crippen LogP contribution in [0, 0.1) is 5.82 Å². The lowest BCUT2D eigenvalue weighted by Gasteiger charge is -2.09. The first-order valence-electron chi connectivity index (χ1n) is 7.63. The van der Waals surface area contributed by atoms with Gasteiger partial charge in [-0.1, -0.05) is 33.2 Å². The van der Waals surface area contributed by atoms with Crippen molar-refractivity contribution in [3.05, 3.63) is 81.9 Å². The Bertz CT molecular complexity index is 1010. The molecule has 0 saturated heterocycles. The molecule has 1 heterocycles. The van der Waals surface area contributed by atoms with Crippen molar-refractivity contribution in [3.63, 3.8) is 0 Å². The number of nitrogens with one attached hydrogen (secondary N) is 2. The van der Waals surface area contributed by atoms with Gasteiger partial charge in [-0.2, -0.15) is 5.10 Å². The van der Waals surface area contributed by atoms with Crippen LogP contribution in [0.15, 0.2) is 68.8 Å². The monoisotopic (exact) mass is 430 g/mol.